The molecule has 2 aliphatic rings. The van der Waals surface area contributed by atoms with Crippen molar-refractivity contribution in [3.05, 3.63) is 0 Å². The Bertz CT molecular complexity index is 553. The Morgan fingerprint density at radius 1 is 0.964 bits per heavy atom. The zero-order valence-electron chi connectivity index (χ0n) is 17.8. The molecule has 2 saturated heterocycles. The van der Waals surface area contributed by atoms with Gasteiger partial charge in [0.05, 0.1) is 19.7 Å². The van der Waals surface area contributed by atoms with Crippen LogP contribution in [-0.2, 0) is 19.1 Å². The van der Waals surface area contributed by atoms with Gasteiger partial charge in [-0.05, 0) is 47.0 Å². The van der Waals surface area contributed by atoms with Crippen LogP contribution in [0.5, 0.6) is 0 Å². The van der Waals surface area contributed by atoms with Crippen molar-refractivity contribution in [3.63, 3.8) is 0 Å². The summed E-state index contributed by atoms with van der Waals surface area (Å²) in [7, 11) is 0. The van der Waals surface area contributed by atoms with Crippen molar-refractivity contribution >= 4 is 17.8 Å². The Kier molecular flexibility index (Phi) is 8.24. The monoisotopic (exact) mass is 396 g/mol. The fourth-order valence-corrected chi connectivity index (χ4v) is 3.76. The SMILES string of the molecule is CCOC(=O)[C@@H]1CCCCN1C(=O)CN1CCN(CC(=O)NC(C)(C)C)CC1. The van der Waals surface area contributed by atoms with Crippen LogP contribution in [-0.4, -0.2) is 96.5 Å². The van der Waals surface area contributed by atoms with Crippen LogP contribution in [0.2, 0.25) is 0 Å². The topological polar surface area (TPSA) is 82.2 Å². The maximum absolute atomic E-state index is 12.8. The van der Waals surface area contributed by atoms with Gasteiger partial charge in [-0.25, -0.2) is 4.79 Å². The third kappa shape index (κ3) is 7.05. The van der Waals surface area contributed by atoms with Gasteiger partial charge in [-0.2, -0.15) is 0 Å². The molecule has 2 rings (SSSR count). The first kappa shape index (κ1) is 22.6. The molecule has 2 fully saturated rings. The van der Waals surface area contributed by atoms with Gasteiger partial charge in [0.2, 0.25) is 11.8 Å². The molecule has 0 spiro atoms. The molecule has 1 atom stereocenters. The van der Waals surface area contributed by atoms with Crippen molar-refractivity contribution in [1.29, 1.82) is 0 Å². The number of carbonyl (C=O) groups is 3. The van der Waals surface area contributed by atoms with Gasteiger partial charge in [-0.15, -0.1) is 0 Å². The Labute approximate surface area is 168 Å². The molecule has 0 bridgehead atoms. The number of nitrogens with one attached hydrogen (secondary N) is 1. The molecular formula is C20H36N4O4. The number of hydrogen-bond donors (Lipinski definition) is 1. The minimum Gasteiger partial charge on any atom is -0.464 e. The van der Waals surface area contributed by atoms with Gasteiger partial charge in [-0.1, -0.05) is 0 Å². The highest BCUT2D eigenvalue weighted by Crippen LogP contribution is 2.19. The van der Waals surface area contributed by atoms with Crippen LogP contribution < -0.4 is 5.32 Å². The number of amides is 2. The zero-order valence-corrected chi connectivity index (χ0v) is 17.8. The van der Waals surface area contributed by atoms with Crippen molar-refractivity contribution < 1.29 is 19.1 Å². The first-order valence-electron chi connectivity index (χ1n) is 10.4. The predicted molar refractivity (Wildman–Crippen MR) is 107 cm³/mol. The van der Waals surface area contributed by atoms with E-state index < -0.39 is 6.04 Å². The summed E-state index contributed by atoms with van der Waals surface area (Å²) in [6, 6.07) is -0.441. The lowest BCUT2D eigenvalue weighted by Crippen LogP contribution is -2.55. The van der Waals surface area contributed by atoms with Crippen LogP contribution in [0.1, 0.15) is 47.0 Å². The van der Waals surface area contributed by atoms with Crippen molar-refractivity contribution in [2.24, 2.45) is 0 Å². The third-order valence-corrected chi connectivity index (χ3v) is 5.09. The second kappa shape index (κ2) is 10.2. The van der Waals surface area contributed by atoms with Crippen molar-refractivity contribution in [2.45, 2.75) is 58.5 Å². The molecule has 8 nitrogen and oxygen atoms in total. The van der Waals surface area contributed by atoms with Crippen LogP contribution in [0.15, 0.2) is 0 Å². The lowest BCUT2D eigenvalue weighted by molar-refractivity contribution is -0.157. The van der Waals surface area contributed by atoms with Crippen molar-refractivity contribution in [3.8, 4) is 0 Å². The molecule has 0 aliphatic carbocycles. The number of likely N-dealkylation sites (tertiary alicyclic amines) is 1. The third-order valence-electron chi connectivity index (χ3n) is 5.09. The molecule has 0 radical (unpaired) electrons. The molecule has 2 amide bonds. The highest BCUT2D eigenvalue weighted by molar-refractivity contribution is 5.86. The summed E-state index contributed by atoms with van der Waals surface area (Å²) in [5.74, 6) is -0.260. The maximum atomic E-state index is 12.8. The number of ether oxygens (including phenoxy) is 1. The van der Waals surface area contributed by atoms with Crippen LogP contribution in [0.25, 0.3) is 0 Å². The molecule has 0 aromatic carbocycles. The Balaban J connectivity index is 1.79. The molecule has 2 aliphatic heterocycles. The van der Waals surface area contributed by atoms with E-state index in [1.165, 1.54) is 0 Å². The average Bonchev–Trinajstić information content (AvgIpc) is 2.62. The van der Waals surface area contributed by atoms with Crippen LogP contribution in [0.3, 0.4) is 0 Å². The predicted octanol–water partition coefficient (Wildman–Crippen LogP) is 0.463. The first-order chi connectivity index (χ1) is 13.2. The summed E-state index contributed by atoms with van der Waals surface area (Å²) in [4.78, 5) is 43.0. The second-order valence-electron chi connectivity index (χ2n) is 8.70. The standard InChI is InChI=1S/C20H36N4O4/c1-5-28-19(27)16-8-6-7-9-24(16)18(26)15-23-12-10-22(11-13-23)14-17(25)21-20(2,3)4/h16H,5-15H2,1-4H3,(H,21,25)/t16-/m0/s1. The fraction of sp³-hybridized carbons (Fsp3) is 0.850. The number of carbonyl (C=O) groups excluding carboxylic acids is 3. The van der Waals surface area contributed by atoms with E-state index >= 15 is 0 Å². The molecule has 2 heterocycles. The van der Waals surface area contributed by atoms with E-state index in [-0.39, 0.29) is 23.3 Å². The Hall–Kier alpha value is -1.67. The largest absolute Gasteiger partial charge is 0.464 e. The van der Waals surface area contributed by atoms with E-state index in [9.17, 15) is 14.4 Å². The van der Waals surface area contributed by atoms with E-state index in [2.05, 4.69) is 15.1 Å². The van der Waals surface area contributed by atoms with Crippen LogP contribution in [0, 0.1) is 0 Å². The first-order valence-corrected chi connectivity index (χ1v) is 10.4. The Morgan fingerprint density at radius 3 is 2.14 bits per heavy atom. The van der Waals surface area contributed by atoms with E-state index in [1.54, 1.807) is 11.8 Å². The Morgan fingerprint density at radius 2 is 1.57 bits per heavy atom. The summed E-state index contributed by atoms with van der Waals surface area (Å²) in [6.45, 7) is 12.4. The zero-order chi connectivity index (χ0) is 20.7. The molecule has 0 aromatic heterocycles. The average molecular weight is 397 g/mol. The summed E-state index contributed by atoms with van der Waals surface area (Å²) in [6.07, 6.45) is 2.56. The molecule has 0 aromatic rings. The minimum atomic E-state index is -0.441. The van der Waals surface area contributed by atoms with Crippen LogP contribution in [0.4, 0.5) is 0 Å². The van der Waals surface area contributed by atoms with Gasteiger partial charge < -0.3 is 15.0 Å². The number of nitrogens with zero attached hydrogens (tertiary/aromatic N) is 3. The number of piperazine rings is 1. The molecule has 8 heteroatoms. The van der Waals surface area contributed by atoms with Gasteiger partial charge >= 0.3 is 5.97 Å². The number of hydrogen-bond acceptors (Lipinski definition) is 6. The summed E-state index contributed by atoms with van der Waals surface area (Å²) in [5, 5.41) is 2.98. The highest BCUT2D eigenvalue weighted by Gasteiger charge is 2.34. The molecule has 1 N–H and O–H groups in total. The highest BCUT2D eigenvalue weighted by atomic mass is 16.5. The second-order valence-corrected chi connectivity index (χ2v) is 8.70. The maximum Gasteiger partial charge on any atom is 0.328 e. The van der Waals surface area contributed by atoms with Crippen LogP contribution >= 0.6 is 0 Å². The molecule has 0 saturated carbocycles. The van der Waals surface area contributed by atoms with Gasteiger partial charge in [0, 0.05) is 38.3 Å². The van der Waals surface area contributed by atoms with Crippen molar-refractivity contribution in [2.75, 3.05) is 52.4 Å². The quantitative estimate of drug-likeness (QED) is 0.657. The smallest absolute Gasteiger partial charge is 0.328 e. The molecule has 160 valence electrons. The summed E-state index contributed by atoms with van der Waals surface area (Å²) < 4.78 is 5.15. The number of rotatable bonds is 6. The minimum absolute atomic E-state index is 0.00308. The lowest BCUT2D eigenvalue weighted by atomic mass is 10.0. The van der Waals surface area contributed by atoms with Gasteiger partial charge in [-0.3, -0.25) is 19.4 Å². The molecular weight excluding hydrogens is 360 g/mol. The van der Waals surface area contributed by atoms with E-state index in [1.807, 2.05) is 20.8 Å². The number of piperidine rings is 1. The molecule has 0 unspecified atom stereocenters. The van der Waals surface area contributed by atoms with Gasteiger partial charge in [0.25, 0.3) is 0 Å². The fourth-order valence-electron chi connectivity index (χ4n) is 3.76. The summed E-state index contributed by atoms with van der Waals surface area (Å²) >= 11 is 0. The summed E-state index contributed by atoms with van der Waals surface area (Å²) in [5.41, 5.74) is -0.227. The van der Waals surface area contributed by atoms with E-state index in [0.717, 1.165) is 39.0 Å². The van der Waals surface area contributed by atoms with E-state index in [4.69, 9.17) is 4.74 Å². The van der Waals surface area contributed by atoms with E-state index in [0.29, 0.717) is 32.7 Å². The molecule has 28 heavy (non-hydrogen) atoms. The number of esters is 1. The lowest BCUT2D eigenvalue weighted by Gasteiger charge is -2.38. The van der Waals surface area contributed by atoms with Gasteiger partial charge in [0.15, 0.2) is 0 Å². The normalized spacial score (nSPS) is 22.0. The van der Waals surface area contributed by atoms with Gasteiger partial charge in [0.1, 0.15) is 6.04 Å². The van der Waals surface area contributed by atoms with Crippen molar-refractivity contribution in [1.82, 2.24) is 20.0 Å².